The van der Waals surface area contributed by atoms with E-state index in [1.807, 2.05) is 25.1 Å². The lowest BCUT2D eigenvalue weighted by atomic mass is 9.98. The second kappa shape index (κ2) is 8.12. The van der Waals surface area contributed by atoms with Gasteiger partial charge >= 0.3 is 0 Å². The van der Waals surface area contributed by atoms with Crippen LogP contribution in [0, 0.1) is 6.92 Å². The molecule has 0 aromatic heterocycles. The Hall–Kier alpha value is -1.40. The van der Waals surface area contributed by atoms with Crippen LogP contribution in [0.1, 0.15) is 56.6 Å². The molecule has 1 aromatic carbocycles. The van der Waals surface area contributed by atoms with Crippen LogP contribution in [0.3, 0.4) is 0 Å². The van der Waals surface area contributed by atoms with E-state index in [2.05, 4.69) is 19.2 Å². The summed E-state index contributed by atoms with van der Waals surface area (Å²) in [5, 5.41) is 2.91. The van der Waals surface area contributed by atoms with E-state index >= 15 is 0 Å². The van der Waals surface area contributed by atoms with Crippen molar-refractivity contribution in [1.82, 2.24) is 4.31 Å². The molecule has 1 N–H and O–H groups in total. The van der Waals surface area contributed by atoms with E-state index in [0.29, 0.717) is 13.1 Å². The zero-order valence-corrected chi connectivity index (χ0v) is 15.7. The summed E-state index contributed by atoms with van der Waals surface area (Å²) in [5.41, 5.74) is 2.88. The summed E-state index contributed by atoms with van der Waals surface area (Å²) in [6.45, 7) is 7.26. The monoisotopic (exact) mass is 352 g/mol. The molecule has 0 atom stereocenters. The molecule has 1 aromatic rings. The van der Waals surface area contributed by atoms with Crippen LogP contribution in [0.25, 0.3) is 0 Å². The molecule has 1 aliphatic heterocycles. The smallest absolute Gasteiger partial charge is 0.225 e. The third kappa shape index (κ3) is 4.80. The van der Waals surface area contributed by atoms with E-state index in [0.717, 1.165) is 36.1 Å². The van der Waals surface area contributed by atoms with Crippen LogP contribution in [-0.2, 0) is 14.8 Å². The molecule has 134 valence electrons. The molecule has 1 saturated heterocycles. The Balaban J connectivity index is 1.99. The average Bonchev–Trinajstić information content (AvgIpc) is 2.55. The first-order valence-electron chi connectivity index (χ1n) is 8.68. The Morgan fingerprint density at radius 1 is 1.21 bits per heavy atom. The fraction of sp³-hybridized carbons (Fsp3) is 0.611. The molecule has 1 aliphatic rings. The highest BCUT2D eigenvalue weighted by molar-refractivity contribution is 7.89. The van der Waals surface area contributed by atoms with Gasteiger partial charge in [-0.2, -0.15) is 0 Å². The maximum atomic E-state index is 12.3. The summed E-state index contributed by atoms with van der Waals surface area (Å²) in [6, 6.07) is 5.92. The molecule has 24 heavy (non-hydrogen) atoms. The van der Waals surface area contributed by atoms with Gasteiger partial charge in [0.05, 0.1) is 5.75 Å². The second-order valence-electron chi connectivity index (χ2n) is 6.77. The Labute approximate surface area is 145 Å². The summed E-state index contributed by atoms with van der Waals surface area (Å²) < 4.78 is 26.2. The number of piperidine rings is 1. The Kier molecular flexibility index (Phi) is 6.40. The van der Waals surface area contributed by atoms with Crippen molar-refractivity contribution in [1.29, 1.82) is 0 Å². The second-order valence-corrected chi connectivity index (χ2v) is 8.86. The van der Waals surface area contributed by atoms with Gasteiger partial charge in [0.1, 0.15) is 0 Å². The average molecular weight is 353 g/mol. The van der Waals surface area contributed by atoms with E-state index in [-0.39, 0.29) is 24.0 Å². The number of para-hydroxylation sites is 1. The van der Waals surface area contributed by atoms with Crippen LogP contribution in [-0.4, -0.2) is 37.5 Å². The predicted octanol–water partition coefficient (Wildman–Crippen LogP) is 3.26. The predicted molar refractivity (Wildman–Crippen MR) is 97.7 cm³/mol. The Morgan fingerprint density at radius 2 is 1.88 bits per heavy atom. The number of sulfonamides is 1. The lowest BCUT2D eigenvalue weighted by Crippen LogP contribution is -2.38. The van der Waals surface area contributed by atoms with Crippen molar-refractivity contribution in [2.75, 3.05) is 24.2 Å². The number of hydrogen-bond donors (Lipinski definition) is 1. The van der Waals surface area contributed by atoms with Crippen molar-refractivity contribution < 1.29 is 13.2 Å². The highest BCUT2D eigenvalue weighted by atomic mass is 32.2. The normalized spacial score (nSPS) is 16.3. The first-order chi connectivity index (χ1) is 11.3. The minimum atomic E-state index is -3.33. The lowest BCUT2D eigenvalue weighted by molar-refractivity contribution is -0.115. The molecule has 6 heteroatoms. The Morgan fingerprint density at radius 3 is 2.50 bits per heavy atom. The van der Waals surface area contributed by atoms with Gasteiger partial charge in [0.25, 0.3) is 0 Å². The summed E-state index contributed by atoms with van der Waals surface area (Å²) in [5.74, 6) is -0.0779. The van der Waals surface area contributed by atoms with E-state index in [4.69, 9.17) is 0 Å². The molecular weight excluding hydrogens is 324 g/mol. The molecule has 0 aliphatic carbocycles. The standard InChI is InChI=1S/C18H28N2O3S/c1-14(2)16-9-7-8-15(3)18(16)19-17(21)10-13-24(22,23)20-11-5-4-6-12-20/h7-9,14H,4-6,10-13H2,1-3H3,(H,19,21). The number of amides is 1. The van der Waals surface area contributed by atoms with E-state index in [1.54, 1.807) is 0 Å². The third-order valence-electron chi connectivity index (χ3n) is 4.49. The molecule has 1 fully saturated rings. The molecule has 2 rings (SSSR count). The number of carbonyl (C=O) groups is 1. The SMILES string of the molecule is Cc1cccc(C(C)C)c1NC(=O)CCS(=O)(=O)N1CCCCC1. The van der Waals surface area contributed by atoms with Gasteiger partial charge in [-0.3, -0.25) is 4.79 Å². The minimum absolute atomic E-state index is 0.00922. The van der Waals surface area contributed by atoms with E-state index < -0.39 is 10.0 Å². The summed E-state index contributed by atoms with van der Waals surface area (Å²) in [4.78, 5) is 12.3. The molecule has 1 heterocycles. The van der Waals surface area contributed by atoms with Gasteiger partial charge < -0.3 is 5.32 Å². The number of carbonyl (C=O) groups excluding carboxylic acids is 1. The topological polar surface area (TPSA) is 66.5 Å². The van der Waals surface area contributed by atoms with Gasteiger partial charge in [-0.25, -0.2) is 12.7 Å². The number of benzene rings is 1. The van der Waals surface area contributed by atoms with Gasteiger partial charge in [-0.1, -0.05) is 38.5 Å². The van der Waals surface area contributed by atoms with Crippen LogP contribution in [0.4, 0.5) is 5.69 Å². The highest BCUT2D eigenvalue weighted by Gasteiger charge is 2.24. The molecule has 0 saturated carbocycles. The maximum absolute atomic E-state index is 12.3. The molecule has 0 unspecified atom stereocenters. The van der Waals surface area contributed by atoms with E-state index in [1.165, 1.54) is 4.31 Å². The summed E-state index contributed by atoms with van der Waals surface area (Å²) in [6.07, 6.45) is 2.89. The minimum Gasteiger partial charge on any atom is -0.326 e. The fourth-order valence-electron chi connectivity index (χ4n) is 3.04. The highest BCUT2D eigenvalue weighted by Crippen LogP contribution is 2.27. The fourth-order valence-corrected chi connectivity index (χ4v) is 4.55. The van der Waals surface area contributed by atoms with Crippen molar-refractivity contribution in [3.05, 3.63) is 29.3 Å². The van der Waals surface area contributed by atoms with Gasteiger partial charge in [-0.15, -0.1) is 0 Å². The van der Waals surface area contributed by atoms with Crippen molar-refractivity contribution in [2.24, 2.45) is 0 Å². The van der Waals surface area contributed by atoms with E-state index in [9.17, 15) is 13.2 Å². The number of rotatable bonds is 6. The molecular formula is C18H28N2O3S. The molecule has 0 bridgehead atoms. The summed E-state index contributed by atoms with van der Waals surface area (Å²) in [7, 11) is -3.33. The maximum Gasteiger partial charge on any atom is 0.225 e. The van der Waals surface area contributed by atoms with Crippen LogP contribution >= 0.6 is 0 Å². The number of hydrogen-bond acceptors (Lipinski definition) is 3. The molecule has 5 nitrogen and oxygen atoms in total. The largest absolute Gasteiger partial charge is 0.326 e. The van der Waals surface area contributed by atoms with Gasteiger partial charge in [0.15, 0.2) is 0 Å². The van der Waals surface area contributed by atoms with Crippen LogP contribution in [0.5, 0.6) is 0 Å². The number of anilines is 1. The Bertz CT molecular complexity index is 678. The molecule has 0 radical (unpaired) electrons. The van der Waals surface area contributed by atoms with Crippen LogP contribution in [0.2, 0.25) is 0 Å². The van der Waals surface area contributed by atoms with Crippen LogP contribution < -0.4 is 5.32 Å². The lowest BCUT2D eigenvalue weighted by Gasteiger charge is -2.25. The zero-order chi connectivity index (χ0) is 17.7. The number of nitrogens with one attached hydrogen (secondary N) is 1. The van der Waals surface area contributed by atoms with Gasteiger partial charge in [0.2, 0.25) is 15.9 Å². The quantitative estimate of drug-likeness (QED) is 0.854. The first kappa shape index (κ1) is 18.9. The van der Waals surface area contributed by atoms with Gasteiger partial charge in [-0.05, 0) is 36.8 Å². The van der Waals surface area contributed by atoms with Crippen molar-refractivity contribution in [2.45, 2.75) is 52.4 Å². The molecule has 1 amide bonds. The van der Waals surface area contributed by atoms with Crippen molar-refractivity contribution in [3.8, 4) is 0 Å². The summed E-state index contributed by atoms with van der Waals surface area (Å²) >= 11 is 0. The van der Waals surface area contributed by atoms with Crippen molar-refractivity contribution >= 4 is 21.6 Å². The van der Waals surface area contributed by atoms with Crippen LogP contribution in [0.15, 0.2) is 18.2 Å². The third-order valence-corrected chi connectivity index (χ3v) is 6.36. The van der Waals surface area contributed by atoms with Crippen molar-refractivity contribution in [3.63, 3.8) is 0 Å². The molecule has 0 spiro atoms. The van der Waals surface area contributed by atoms with Gasteiger partial charge in [0, 0.05) is 25.2 Å². The number of aryl methyl sites for hydroxylation is 1. The zero-order valence-electron chi connectivity index (χ0n) is 14.8. The first-order valence-corrected chi connectivity index (χ1v) is 10.3. The number of nitrogens with zero attached hydrogens (tertiary/aromatic N) is 1.